The van der Waals surface area contributed by atoms with E-state index in [9.17, 15) is 9.59 Å². The average Bonchev–Trinajstić information content (AvgIpc) is 3.24. The molecule has 2 amide bonds. The van der Waals surface area contributed by atoms with Gasteiger partial charge in [-0.25, -0.2) is 4.98 Å². The van der Waals surface area contributed by atoms with Gasteiger partial charge in [-0.15, -0.1) is 0 Å². The summed E-state index contributed by atoms with van der Waals surface area (Å²) < 4.78 is 10.4. The van der Waals surface area contributed by atoms with Crippen molar-refractivity contribution in [1.82, 2.24) is 20.8 Å². The van der Waals surface area contributed by atoms with E-state index in [4.69, 9.17) is 21.1 Å². The number of carbonyl (C=O) groups excluding carboxylic acids is 2. The molecule has 1 aromatic carbocycles. The summed E-state index contributed by atoms with van der Waals surface area (Å²) in [5, 5.41) is 1.07. The smallest absolute Gasteiger partial charge is 0.286 e. The van der Waals surface area contributed by atoms with Gasteiger partial charge in [0.1, 0.15) is 10.8 Å². The van der Waals surface area contributed by atoms with Crippen LogP contribution in [0.1, 0.15) is 20.8 Å². The molecule has 126 valence electrons. The molecule has 9 heteroatoms. The van der Waals surface area contributed by atoms with Crippen molar-refractivity contribution in [3.8, 4) is 11.5 Å². The first-order valence-corrected chi connectivity index (χ1v) is 7.62. The Morgan fingerprint density at radius 1 is 1.08 bits per heavy atom. The molecule has 0 atom stereocenters. The number of halogens is 1. The zero-order valence-corrected chi connectivity index (χ0v) is 13.4. The number of hydrazine groups is 1. The number of nitrogens with one attached hydrogen (secondary N) is 3. The third kappa shape index (κ3) is 2.94. The van der Waals surface area contributed by atoms with Gasteiger partial charge in [0.15, 0.2) is 11.5 Å². The van der Waals surface area contributed by atoms with Gasteiger partial charge in [-0.2, -0.15) is 0 Å². The van der Waals surface area contributed by atoms with E-state index in [0.29, 0.717) is 27.7 Å². The molecule has 25 heavy (non-hydrogen) atoms. The minimum absolute atomic E-state index is 0.121. The second kappa shape index (κ2) is 5.99. The number of carbonyl (C=O) groups is 2. The molecular weight excluding hydrogens is 348 g/mol. The molecule has 3 aromatic rings. The maximum atomic E-state index is 12.2. The second-order valence-corrected chi connectivity index (χ2v) is 5.64. The van der Waals surface area contributed by atoms with Gasteiger partial charge in [-0.1, -0.05) is 11.6 Å². The van der Waals surface area contributed by atoms with Crippen LogP contribution in [0.5, 0.6) is 11.5 Å². The molecule has 0 aliphatic carbocycles. The molecule has 3 N–H and O–H groups in total. The van der Waals surface area contributed by atoms with Crippen LogP contribution in [0.2, 0.25) is 5.15 Å². The molecule has 8 nitrogen and oxygen atoms in total. The summed E-state index contributed by atoms with van der Waals surface area (Å²) in [6.45, 7) is 0.121. The number of hydrogen-bond acceptors (Lipinski definition) is 5. The van der Waals surface area contributed by atoms with Crippen LogP contribution in [-0.4, -0.2) is 28.6 Å². The third-order valence-corrected chi connectivity index (χ3v) is 3.85. The van der Waals surface area contributed by atoms with Crippen molar-refractivity contribution in [3.05, 3.63) is 52.9 Å². The number of H-pyrrole nitrogens is 1. The van der Waals surface area contributed by atoms with Crippen molar-refractivity contribution in [3.63, 3.8) is 0 Å². The molecule has 2 aromatic heterocycles. The summed E-state index contributed by atoms with van der Waals surface area (Å²) in [5.74, 6) is 0.0822. The number of nitrogens with zero attached hydrogens (tertiary/aromatic N) is 1. The van der Waals surface area contributed by atoms with Gasteiger partial charge in [0.2, 0.25) is 6.79 Å². The maximum Gasteiger partial charge on any atom is 0.286 e. The van der Waals surface area contributed by atoms with Gasteiger partial charge >= 0.3 is 0 Å². The van der Waals surface area contributed by atoms with Gasteiger partial charge in [-0.3, -0.25) is 20.4 Å². The number of aromatic nitrogens is 2. The number of aromatic amines is 1. The topological polar surface area (TPSA) is 105 Å². The lowest BCUT2D eigenvalue weighted by molar-refractivity contribution is 0.0844. The summed E-state index contributed by atoms with van der Waals surface area (Å²) in [5.41, 5.74) is 5.96. The molecule has 0 fully saturated rings. The van der Waals surface area contributed by atoms with Crippen molar-refractivity contribution in [2.45, 2.75) is 0 Å². The van der Waals surface area contributed by atoms with E-state index in [-0.39, 0.29) is 12.5 Å². The predicted octanol–water partition coefficient (Wildman–Crippen LogP) is 2.02. The molecule has 0 saturated heterocycles. The number of fused-ring (bicyclic) bond motifs is 2. The Morgan fingerprint density at radius 3 is 2.76 bits per heavy atom. The Kier molecular flexibility index (Phi) is 3.66. The van der Waals surface area contributed by atoms with E-state index in [0.717, 1.165) is 5.39 Å². The van der Waals surface area contributed by atoms with E-state index >= 15 is 0 Å². The second-order valence-electron chi connectivity index (χ2n) is 5.25. The quantitative estimate of drug-likeness (QED) is 0.480. The average molecular weight is 359 g/mol. The first kappa shape index (κ1) is 15.3. The zero-order valence-electron chi connectivity index (χ0n) is 12.6. The van der Waals surface area contributed by atoms with E-state index < -0.39 is 11.8 Å². The molecule has 0 saturated carbocycles. The molecule has 4 rings (SSSR count). The number of pyridine rings is 1. The van der Waals surface area contributed by atoms with Crippen LogP contribution in [0, 0.1) is 0 Å². The summed E-state index contributed by atoms with van der Waals surface area (Å²) >= 11 is 5.82. The fourth-order valence-corrected chi connectivity index (χ4v) is 2.58. The lowest BCUT2D eigenvalue weighted by Gasteiger charge is -2.07. The Bertz CT molecular complexity index is 1000. The van der Waals surface area contributed by atoms with E-state index in [2.05, 4.69) is 20.8 Å². The van der Waals surface area contributed by atoms with Crippen molar-refractivity contribution in [2.24, 2.45) is 0 Å². The number of amides is 2. The van der Waals surface area contributed by atoms with E-state index in [1.165, 1.54) is 6.20 Å². The van der Waals surface area contributed by atoms with Crippen molar-refractivity contribution >= 4 is 34.3 Å². The third-order valence-electron chi connectivity index (χ3n) is 3.64. The van der Waals surface area contributed by atoms with Gasteiger partial charge in [0, 0.05) is 10.9 Å². The van der Waals surface area contributed by atoms with Crippen LogP contribution in [0.4, 0.5) is 0 Å². The highest BCUT2D eigenvalue weighted by atomic mass is 35.5. The Balaban J connectivity index is 1.44. The predicted molar refractivity (Wildman–Crippen MR) is 88.6 cm³/mol. The van der Waals surface area contributed by atoms with Crippen LogP contribution in [0.3, 0.4) is 0 Å². The highest BCUT2D eigenvalue weighted by Gasteiger charge is 2.17. The lowest BCUT2D eigenvalue weighted by atomic mass is 10.2. The standard InChI is InChI=1S/C16H11ClN4O4/c17-14-5-9-3-10(19-11(9)6-18-14)16(23)21-20-15(22)8-1-2-12-13(4-8)25-7-24-12/h1-6,19H,7H2,(H,20,22)(H,21,23). The highest BCUT2D eigenvalue weighted by molar-refractivity contribution is 6.30. The van der Waals surface area contributed by atoms with Crippen molar-refractivity contribution in [1.29, 1.82) is 0 Å². The summed E-state index contributed by atoms with van der Waals surface area (Å²) in [7, 11) is 0. The molecule has 0 spiro atoms. The molecule has 1 aliphatic rings. The molecule has 0 radical (unpaired) electrons. The van der Waals surface area contributed by atoms with E-state index in [1.54, 1.807) is 30.3 Å². The molecule has 0 bridgehead atoms. The molecule has 3 heterocycles. The van der Waals surface area contributed by atoms with Crippen molar-refractivity contribution < 1.29 is 19.1 Å². The summed E-state index contributed by atoms with van der Waals surface area (Å²) in [6.07, 6.45) is 1.53. The van der Waals surface area contributed by atoms with Crippen LogP contribution in [0.15, 0.2) is 36.5 Å². The largest absolute Gasteiger partial charge is 0.454 e. The SMILES string of the molecule is O=C(NNC(=O)c1cc2cc(Cl)ncc2[nH]1)c1ccc2c(c1)OCO2. The fourth-order valence-electron chi connectivity index (χ4n) is 2.42. The summed E-state index contributed by atoms with van der Waals surface area (Å²) in [4.78, 5) is 31.1. The molecular formula is C16H11ClN4O4. The molecule has 1 aliphatic heterocycles. The minimum atomic E-state index is -0.499. The zero-order chi connectivity index (χ0) is 17.4. The number of hydrogen-bond donors (Lipinski definition) is 3. The first-order valence-electron chi connectivity index (χ1n) is 7.25. The lowest BCUT2D eigenvalue weighted by Crippen LogP contribution is -2.41. The minimum Gasteiger partial charge on any atom is -0.454 e. The number of ether oxygens (including phenoxy) is 2. The van der Waals surface area contributed by atoms with Gasteiger partial charge in [0.25, 0.3) is 11.8 Å². The Labute approximate surface area is 146 Å². The van der Waals surface area contributed by atoms with Crippen LogP contribution in [0.25, 0.3) is 10.9 Å². The number of benzene rings is 1. The van der Waals surface area contributed by atoms with E-state index in [1.807, 2.05) is 0 Å². The van der Waals surface area contributed by atoms with Gasteiger partial charge in [0.05, 0.1) is 11.7 Å². The normalized spacial score (nSPS) is 12.2. The Hall–Kier alpha value is -3.26. The summed E-state index contributed by atoms with van der Waals surface area (Å²) in [6, 6.07) is 8.00. The van der Waals surface area contributed by atoms with Gasteiger partial charge in [-0.05, 0) is 30.3 Å². The highest BCUT2D eigenvalue weighted by Crippen LogP contribution is 2.32. The first-order chi connectivity index (χ1) is 12.1. The monoisotopic (exact) mass is 358 g/mol. The maximum absolute atomic E-state index is 12.2. The van der Waals surface area contributed by atoms with Crippen molar-refractivity contribution in [2.75, 3.05) is 6.79 Å². The Morgan fingerprint density at radius 2 is 1.88 bits per heavy atom. The van der Waals surface area contributed by atoms with Crippen LogP contribution < -0.4 is 20.3 Å². The van der Waals surface area contributed by atoms with Crippen LogP contribution >= 0.6 is 11.6 Å². The fraction of sp³-hybridized carbons (Fsp3) is 0.0625. The number of rotatable bonds is 2. The molecule has 0 unspecified atom stereocenters. The van der Waals surface area contributed by atoms with Crippen LogP contribution in [-0.2, 0) is 0 Å². The van der Waals surface area contributed by atoms with Gasteiger partial charge < -0.3 is 14.5 Å².